The predicted octanol–water partition coefficient (Wildman–Crippen LogP) is 0.945. The Hall–Kier alpha value is -1.10. The van der Waals surface area contributed by atoms with Crippen LogP contribution in [0.3, 0.4) is 0 Å². The van der Waals surface area contributed by atoms with E-state index in [4.69, 9.17) is 5.11 Å². The van der Waals surface area contributed by atoms with Gasteiger partial charge in [-0.2, -0.15) is 0 Å². The summed E-state index contributed by atoms with van der Waals surface area (Å²) in [6.45, 7) is 6.14. The molecule has 0 aliphatic carbocycles. The molecule has 0 unspecified atom stereocenters. The Morgan fingerprint density at radius 3 is 2.39 bits per heavy atom. The van der Waals surface area contributed by atoms with Gasteiger partial charge < -0.3 is 15.3 Å². The average Bonchev–Trinajstić information content (AvgIpc) is 2.26. The minimum atomic E-state index is -0.936. The highest BCUT2D eigenvalue weighted by Gasteiger charge is 2.30. The number of hydrogen-bond acceptors (Lipinski definition) is 3. The van der Waals surface area contributed by atoms with Crippen molar-refractivity contribution in [2.45, 2.75) is 33.1 Å². The molecule has 1 amide bonds. The molecule has 1 aliphatic rings. The van der Waals surface area contributed by atoms with Crippen LogP contribution in [0, 0.1) is 11.3 Å². The summed E-state index contributed by atoms with van der Waals surface area (Å²) >= 11 is 0. The van der Waals surface area contributed by atoms with Crippen LogP contribution in [-0.4, -0.2) is 48.6 Å². The number of amides is 1. The highest BCUT2D eigenvalue weighted by Crippen LogP contribution is 2.21. The van der Waals surface area contributed by atoms with Gasteiger partial charge in [0, 0.05) is 6.54 Å². The highest BCUT2D eigenvalue weighted by molar-refractivity contribution is 5.86. The van der Waals surface area contributed by atoms with Gasteiger partial charge in [-0.1, -0.05) is 13.8 Å². The van der Waals surface area contributed by atoms with Gasteiger partial charge in [0.15, 0.2) is 0 Å². The first-order chi connectivity index (χ1) is 8.31. The third-order valence-corrected chi connectivity index (χ3v) is 3.60. The van der Waals surface area contributed by atoms with E-state index in [1.807, 2.05) is 0 Å². The second-order valence-electron chi connectivity index (χ2n) is 5.91. The molecule has 1 rings (SSSR count). The van der Waals surface area contributed by atoms with E-state index in [9.17, 15) is 9.59 Å². The Bertz CT molecular complexity index is 307. The van der Waals surface area contributed by atoms with E-state index in [0.29, 0.717) is 12.5 Å². The van der Waals surface area contributed by atoms with Crippen molar-refractivity contribution in [3.05, 3.63) is 0 Å². The van der Waals surface area contributed by atoms with Crippen LogP contribution in [0.1, 0.15) is 33.1 Å². The quantitative estimate of drug-likeness (QED) is 0.768. The number of aliphatic carboxylic acids is 1. The van der Waals surface area contributed by atoms with E-state index in [-0.39, 0.29) is 12.3 Å². The summed E-state index contributed by atoms with van der Waals surface area (Å²) in [5.74, 6) is -0.580. The first-order valence-electron chi connectivity index (χ1n) is 6.50. The summed E-state index contributed by atoms with van der Waals surface area (Å²) in [7, 11) is 2.10. The van der Waals surface area contributed by atoms with Crippen LogP contribution in [-0.2, 0) is 9.59 Å². The summed E-state index contributed by atoms with van der Waals surface area (Å²) < 4.78 is 0. The number of nitrogens with zero attached hydrogens (tertiary/aromatic N) is 1. The second-order valence-corrected chi connectivity index (χ2v) is 5.91. The van der Waals surface area contributed by atoms with Crippen molar-refractivity contribution in [3.8, 4) is 0 Å². The zero-order chi connectivity index (χ0) is 13.8. The van der Waals surface area contributed by atoms with Crippen LogP contribution in [0.25, 0.3) is 0 Å². The maximum absolute atomic E-state index is 11.9. The SMILES string of the molecule is CN1CCC(CNC(=O)C(C)(C)CC(=O)O)CC1. The van der Waals surface area contributed by atoms with Gasteiger partial charge in [-0.3, -0.25) is 9.59 Å². The van der Waals surface area contributed by atoms with E-state index >= 15 is 0 Å². The molecule has 1 aliphatic heterocycles. The number of rotatable bonds is 5. The molecule has 1 saturated heterocycles. The fourth-order valence-corrected chi connectivity index (χ4v) is 2.20. The Balaban J connectivity index is 2.34. The Morgan fingerprint density at radius 2 is 1.89 bits per heavy atom. The zero-order valence-electron chi connectivity index (χ0n) is 11.5. The molecule has 104 valence electrons. The lowest BCUT2D eigenvalue weighted by molar-refractivity contribution is -0.144. The topological polar surface area (TPSA) is 69.6 Å². The van der Waals surface area contributed by atoms with Crippen molar-refractivity contribution < 1.29 is 14.7 Å². The smallest absolute Gasteiger partial charge is 0.304 e. The van der Waals surface area contributed by atoms with E-state index < -0.39 is 11.4 Å². The molecule has 0 atom stereocenters. The van der Waals surface area contributed by atoms with Crippen LogP contribution in [0.5, 0.6) is 0 Å². The van der Waals surface area contributed by atoms with Crippen molar-refractivity contribution in [1.82, 2.24) is 10.2 Å². The molecule has 5 heteroatoms. The van der Waals surface area contributed by atoms with Gasteiger partial charge in [-0.25, -0.2) is 0 Å². The zero-order valence-corrected chi connectivity index (χ0v) is 11.5. The Morgan fingerprint density at radius 1 is 1.33 bits per heavy atom. The number of carboxylic acids is 1. The van der Waals surface area contributed by atoms with E-state index in [1.165, 1.54) is 0 Å². The van der Waals surface area contributed by atoms with E-state index in [0.717, 1.165) is 25.9 Å². The average molecular weight is 256 g/mol. The molecular formula is C13H24N2O3. The van der Waals surface area contributed by atoms with Crippen LogP contribution < -0.4 is 5.32 Å². The Kier molecular flexibility index (Phi) is 5.14. The molecular weight excluding hydrogens is 232 g/mol. The van der Waals surface area contributed by atoms with Crippen LogP contribution >= 0.6 is 0 Å². The summed E-state index contributed by atoms with van der Waals surface area (Å²) in [5.41, 5.74) is -0.836. The lowest BCUT2D eigenvalue weighted by Gasteiger charge is -2.30. The fourth-order valence-electron chi connectivity index (χ4n) is 2.20. The van der Waals surface area contributed by atoms with Crippen LogP contribution in [0.4, 0.5) is 0 Å². The Labute approximate surface area is 109 Å². The molecule has 0 radical (unpaired) electrons. The monoisotopic (exact) mass is 256 g/mol. The van der Waals surface area contributed by atoms with Gasteiger partial charge >= 0.3 is 5.97 Å². The molecule has 18 heavy (non-hydrogen) atoms. The fraction of sp³-hybridized carbons (Fsp3) is 0.846. The number of carbonyl (C=O) groups is 2. The largest absolute Gasteiger partial charge is 0.481 e. The number of likely N-dealkylation sites (tertiary alicyclic amines) is 1. The number of carboxylic acid groups (broad SMARTS) is 1. The molecule has 1 fully saturated rings. The minimum absolute atomic E-state index is 0.133. The first-order valence-corrected chi connectivity index (χ1v) is 6.50. The third-order valence-electron chi connectivity index (χ3n) is 3.60. The lowest BCUT2D eigenvalue weighted by Crippen LogP contribution is -2.42. The van der Waals surface area contributed by atoms with E-state index in [2.05, 4.69) is 17.3 Å². The summed E-state index contributed by atoms with van der Waals surface area (Å²) in [6, 6.07) is 0. The highest BCUT2D eigenvalue weighted by atomic mass is 16.4. The van der Waals surface area contributed by atoms with Gasteiger partial charge in [0.25, 0.3) is 0 Å². The maximum atomic E-state index is 11.9. The van der Waals surface area contributed by atoms with Gasteiger partial charge in [0.2, 0.25) is 5.91 Å². The number of piperidine rings is 1. The number of hydrogen-bond donors (Lipinski definition) is 2. The number of nitrogens with one attached hydrogen (secondary N) is 1. The summed E-state index contributed by atoms with van der Waals surface area (Å²) in [5, 5.41) is 11.7. The summed E-state index contributed by atoms with van der Waals surface area (Å²) in [6.07, 6.45) is 2.05. The van der Waals surface area contributed by atoms with E-state index in [1.54, 1.807) is 13.8 Å². The normalized spacial score (nSPS) is 18.6. The van der Waals surface area contributed by atoms with Gasteiger partial charge in [-0.05, 0) is 38.9 Å². The predicted molar refractivity (Wildman–Crippen MR) is 69.3 cm³/mol. The minimum Gasteiger partial charge on any atom is -0.481 e. The van der Waals surface area contributed by atoms with Crippen molar-refractivity contribution in [2.24, 2.45) is 11.3 Å². The third kappa shape index (κ3) is 4.64. The standard InChI is InChI=1S/C13H24N2O3/c1-13(2,8-11(16)17)12(18)14-9-10-4-6-15(3)7-5-10/h10H,4-9H2,1-3H3,(H,14,18)(H,16,17). The molecule has 0 saturated carbocycles. The first kappa shape index (κ1) is 15.0. The van der Waals surface area contributed by atoms with Crippen LogP contribution in [0.2, 0.25) is 0 Å². The molecule has 5 nitrogen and oxygen atoms in total. The van der Waals surface area contributed by atoms with Gasteiger partial charge in [0.1, 0.15) is 0 Å². The molecule has 2 N–H and O–H groups in total. The lowest BCUT2D eigenvalue weighted by atomic mass is 9.88. The summed E-state index contributed by atoms with van der Waals surface area (Å²) in [4.78, 5) is 24.9. The maximum Gasteiger partial charge on any atom is 0.304 e. The molecule has 0 spiro atoms. The molecule has 0 bridgehead atoms. The molecule has 0 aromatic carbocycles. The van der Waals surface area contributed by atoms with Gasteiger partial charge in [0.05, 0.1) is 11.8 Å². The molecule has 1 heterocycles. The van der Waals surface area contributed by atoms with Crippen LogP contribution in [0.15, 0.2) is 0 Å². The van der Waals surface area contributed by atoms with Crippen molar-refractivity contribution in [2.75, 3.05) is 26.7 Å². The van der Waals surface area contributed by atoms with Crippen molar-refractivity contribution in [3.63, 3.8) is 0 Å². The van der Waals surface area contributed by atoms with Crippen molar-refractivity contribution >= 4 is 11.9 Å². The van der Waals surface area contributed by atoms with Gasteiger partial charge in [-0.15, -0.1) is 0 Å². The molecule has 0 aromatic rings. The molecule has 0 aromatic heterocycles. The number of carbonyl (C=O) groups excluding carboxylic acids is 1. The second kappa shape index (κ2) is 6.18. The van der Waals surface area contributed by atoms with Crippen molar-refractivity contribution in [1.29, 1.82) is 0 Å².